The van der Waals surface area contributed by atoms with Crippen LogP contribution in [0.1, 0.15) is 29.6 Å². The van der Waals surface area contributed by atoms with Gasteiger partial charge in [-0.2, -0.15) is 0 Å². The number of ether oxygens (including phenoxy) is 1. The molecule has 0 saturated carbocycles. The van der Waals surface area contributed by atoms with Gasteiger partial charge in [-0.25, -0.2) is 4.79 Å². The van der Waals surface area contributed by atoms with Gasteiger partial charge in [0.2, 0.25) is 0 Å². The number of nitrogens with one attached hydrogen (secondary N) is 1. The Balaban J connectivity index is 2.24. The third-order valence-corrected chi connectivity index (χ3v) is 5.52. The van der Waals surface area contributed by atoms with Crippen molar-refractivity contribution < 1.29 is 14.3 Å². The van der Waals surface area contributed by atoms with E-state index in [1.54, 1.807) is 7.11 Å². The van der Waals surface area contributed by atoms with E-state index in [-0.39, 0.29) is 0 Å². The largest absolute Gasteiger partial charge is 0.496 e. The third-order valence-electron chi connectivity index (χ3n) is 4.39. The molecule has 1 fully saturated rings. The van der Waals surface area contributed by atoms with Crippen LogP contribution in [0.2, 0.25) is 0 Å². The first-order chi connectivity index (χ1) is 12.5. The summed E-state index contributed by atoms with van der Waals surface area (Å²) in [6, 6.07) is 6.85. The van der Waals surface area contributed by atoms with Gasteiger partial charge in [0.25, 0.3) is 5.91 Å². The molecule has 0 unspecified atom stereocenters. The molecule has 1 aromatic heterocycles. The normalized spacial score (nSPS) is 14.1. The van der Waals surface area contributed by atoms with Gasteiger partial charge >= 0.3 is 6.03 Å². The monoisotopic (exact) mass is 374 g/mol. The number of rotatable bonds is 5. The van der Waals surface area contributed by atoms with E-state index in [1.165, 1.54) is 11.3 Å². The number of piperidine rings is 1. The number of nitrogens with two attached hydrogens (primary N) is 2. The maximum absolute atomic E-state index is 12.2. The highest BCUT2D eigenvalue weighted by molar-refractivity contribution is 7.20. The van der Waals surface area contributed by atoms with Gasteiger partial charge < -0.3 is 21.1 Å². The van der Waals surface area contributed by atoms with E-state index < -0.39 is 11.9 Å². The first kappa shape index (κ1) is 18.1. The van der Waals surface area contributed by atoms with Gasteiger partial charge in [-0.3, -0.25) is 10.1 Å². The lowest BCUT2D eigenvalue weighted by molar-refractivity contribution is 0.100. The fourth-order valence-electron chi connectivity index (χ4n) is 3.29. The fraction of sp³-hybridized carbons (Fsp3) is 0.333. The predicted octanol–water partition coefficient (Wildman–Crippen LogP) is 3.00. The Morgan fingerprint density at radius 3 is 2.46 bits per heavy atom. The van der Waals surface area contributed by atoms with E-state index in [9.17, 15) is 9.59 Å². The number of thiophene rings is 1. The van der Waals surface area contributed by atoms with Gasteiger partial charge in [0, 0.05) is 18.7 Å². The van der Waals surface area contributed by atoms with Crippen molar-refractivity contribution in [3.8, 4) is 16.2 Å². The molecule has 1 aromatic carbocycles. The summed E-state index contributed by atoms with van der Waals surface area (Å²) in [7, 11) is 1.60. The number of carbonyl (C=O) groups is 2. The number of benzene rings is 1. The number of urea groups is 1. The van der Waals surface area contributed by atoms with Gasteiger partial charge in [-0.1, -0.05) is 12.1 Å². The van der Waals surface area contributed by atoms with E-state index in [4.69, 9.17) is 16.2 Å². The first-order valence-electron chi connectivity index (χ1n) is 8.44. The lowest BCUT2D eigenvalue weighted by atomic mass is 10.0. The first-order valence-corrected chi connectivity index (χ1v) is 9.26. The zero-order valence-electron chi connectivity index (χ0n) is 14.6. The minimum absolute atomic E-state index is 0.302. The molecule has 3 amide bonds. The average Bonchev–Trinajstić information content (AvgIpc) is 3.00. The van der Waals surface area contributed by atoms with Crippen LogP contribution in [0, 0.1) is 0 Å². The standard InChI is InChI=1S/C18H22N4O3S/c1-25-12-8-4-3-7-11(12)15-14(22-9-5-2-6-10-22)13(16(19)23)17(26-15)21-18(20)24/h3-4,7-8H,2,5-6,9-10H2,1H3,(H2,19,23)(H3,20,21,24). The number of nitrogens with zero attached hydrogens (tertiary/aromatic N) is 1. The molecule has 5 N–H and O–H groups in total. The van der Waals surface area contributed by atoms with E-state index >= 15 is 0 Å². The van der Waals surface area contributed by atoms with Crippen molar-refractivity contribution in [1.29, 1.82) is 0 Å². The van der Waals surface area contributed by atoms with Gasteiger partial charge in [-0.05, 0) is 31.4 Å². The number of anilines is 2. The number of primary amides is 2. The quantitative estimate of drug-likeness (QED) is 0.747. The van der Waals surface area contributed by atoms with E-state index in [1.807, 2.05) is 24.3 Å². The van der Waals surface area contributed by atoms with Gasteiger partial charge in [0.05, 0.1) is 23.2 Å². The number of hydrogen-bond donors (Lipinski definition) is 3. The summed E-state index contributed by atoms with van der Waals surface area (Å²) in [6.07, 6.45) is 3.24. The highest BCUT2D eigenvalue weighted by Gasteiger charge is 2.29. The van der Waals surface area contributed by atoms with E-state index in [0.29, 0.717) is 16.3 Å². The molecular formula is C18H22N4O3S. The van der Waals surface area contributed by atoms with Crippen LogP contribution in [0.25, 0.3) is 10.4 Å². The van der Waals surface area contributed by atoms with Gasteiger partial charge in [0.15, 0.2) is 0 Å². The molecule has 1 aliphatic rings. The maximum Gasteiger partial charge on any atom is 0.317 e. The smallest absolute Gasteiger partial charge is 0.317 e. The summed E-state index contributed by atoms with van der Waals surface area (Å²) >= 11 is 1.28. The Labute approximate surface area is 155 Å². The lowest BCUT2D eigenvalue weighted by Gasteiger charge is -2.30. The molecule has 3 rings (SSSR count). The van der Waals surface area contributed by atoms with Gasteiger partial charge in [-0.15, -0.1) is 11.3 Å². The Hall–Kier alpha value is -2.74. The molecule has 1 aliphatic heterocycles. The van der Waals surface area contributed by atoms with Crippen molar-refractivity contribution in [2.45, 2.75) is 19.3 Å². The number of carbonyl (C=O) groups excluding carboxylic acids is 2. The van der Waals surface area contributed by atoms with Gasteiger partial charge in [0.1, 0.15) is 10.8 Å². The Morgan fingerprint density at radius 2 is 1.85 bits per heavy atom. The van der Waals surface area contributed by atoms with E-state index in [0.717, 1.165) is 48.5 Å². The molecule has 2 aromatic rings. The molecule has 1 saturated heterocycles. The minimum Gasteiger partial charge on any atom is -0.496 e. The summed E-state index contributed by atoms with van der Waals surface area (Å²) in [5.74, 6) is 0.0976. The second-order valence-electron chi connectivity index (χ2n) is 6.09. The molecule has 0 atom stereocenters. The fourth-order valence-corrected chi connectivity index (χ4v) is 4.55. The molecule has 0 spiro atoms. The molecule has 0 aliphatic carbocycles. The van der Waals surface area contributed by atoms with Crippen LogP contribution in [-0.2, 0) is 0 Å². The molecule has 7 nitrogen and oxygen atoms in total. The number of hydrogen-bond acceptors (Lipinski definition) is 5. The highest BCUT2D eigenvalue weighted by atomic mass is 32.1. The van der Waals surface area contributed by atoms with Crippen molar-refractivity contribution in [3.05, 3.63) is 29.8 Å². The summed E-state index contributed by atoms with van der Waals surface area (Å²) < 4.78 is 5.49. The predicted molar refractivity (Wildman–Crippen MR) is 104 cm³/mol. The Morgan fingerprint density at radius 1 is 1.15 bits per heavy atom. The lowest BCUT2D eigenvalue weighted by Crippen LogP contribution is -2.31. The van der Waals surface area contributed by atoms with Crippen LogP contribution >= 0.6 is 11.3 Å². The number of methoxy groups -OCH3 is 1. The second kappa shape index (κ2) is 7.65. The molecule has 8 heteroatoms. The second-order valence-corrected chi connectivity index (χ2v) is 7.11. The summed E-state index contributed by atoms with van der Waals surface area (Å²) in [5.41, 5.74) is 12.9. The molecule has 0 bridgehead atoms. The zero-order chi connectivity index (χ0) is 18.7. The van der Waals surface area contributed by atoms with Crippen molar-refractivity contribution in [1.82, 2.24) is 0 Å². The number of amides is 3. The third kappa shape index (κ3) is 3.45. The molecular weight excluding hydrogens is 352 g/mol. The molecule has 26 heavy (non-hydrogen) atoms. The van der Waals surface area contributed by atoms with Crippen LogP contribution in [0.5, 0.6) is 5.75 Å². The zero-order valence-corrected chi connectivity index (χ0v) is 15.4. The van der Waals surface area contributed by atoms with Crippen molar-refractivity contribution >= 4 is 34.0 Å². The highest BCUT2D eigenvalue weighted by Crippen LogP contribution is 2.49. The summed E-state index contributed by atoms with van der Waals surface area (Å²) in [4.78, 5) is 26.7. The Kier molecular flexibility index (Phi) is 5.32. The van der Waals surface area contributed by atoms with Crippen molar-refractivity contribution in [3.63, 3.8) is 0 Å². The van der Waals surface area contributed by atoms with Crippen LogP contribution in [-0.4, -0.2) is 32.1 Å². The van der Waals surface area contributed by atoms with Crippen LogP contribution in [0.4, 0.5) is 15.5 Å². The van der Waals surface area contributed by atoms with Crippen molar-refractivity contribution in [2.75, 3.05) is 30.4 Å². The number of para-hydroxylation sites is 1. The average molecular weight is 374 g/mol. The molecule has 0 radical (unpaired) electrons. The van der Waals surface area contributed by atoms with Crippen LogP contribution in [0.3, 0.4) is 0 Å². The SMILES string of the molecule is COc1ccccc1-c1sc(NC(N)=O)c(C(N)=O)c1N1CCCCC1. The Bertz CT molecular complexity index is 828. The maximum atomic E-state index is 12.2. The summed E-state index contributed by atoms with van der Waals surface area (Å²) in [6.45, 7) is 1.66. The topological polar surface area (TPSA) is 111 Å². The molecule has 138 valence electrons. The minimum atomic E-state index is -0.731. The molecule has 2 heterocycles. The van der Waals surface area contributed by atoms with E-state index in [2.05, 4.69) is 10.2 Å². The summed E-state index contributed by atoms with van der Waals surface area (Å²) in [5, 5.41) is 2.92. The van der Waals surface area contributed by atoms with Crippen LogP contribution in [0.15, 0.2) is 24.3 Å². The van der Waals surface area contributed by atoms with Crippen LogP contribution < -0.4 is 26.4 Å². The van der Waals surface area contributed by atoms with Crippen molar-refractivity contribution in [2.24, 2.45) is 11.5 Å².